The summed E-state index contributed by atoms with van der Waals surface area (Å²) in [5.74, 6) is 0.0741. The first kappa shape index (κ1) is 18.4. The summed E-state index contributed by atoms with van der Waals surface area (Å²) in [5, 5.41) is 4.89. The molecule has 6 heteroatoms. The molecule has 4 nitrogen and oxygen atoms in total. The Labute approximate surface area is 168 Å². The zero-order chi connectivity index (χ0) is 18.6. The number of benzene rings is 2. The Hall–Kier alpha value is -1.95. The number of thiazole rings is 1. The third-order valence-electron chi connectivity index (χ3n) is 4.93. The lowest BCUT2D eigenvalue weighted by molar-refractivity contribution is -0.122. The normalized spacial score (nSPS) is 17.4. The Kier molecular flexibility index (Phi) is 5.72. The summed E-state index contributed by atoms with van der Waals surface area (Å²) >= 11 is 7.75. The molecule has 2 aromatic carbocycles. The summed E-state index contributed by atoms with van der Waals surface area (Å²) in [5.41, 5.74) is 2.19. The topological polar surface area (TPSA) is 45.2 Å². The molecule has 0 spiro atoms. The van der Waals surface area contributed by atoms with E-state index in [2.05, 4.69) is 22.3 Å². The van der Waals surface area contributed by atoms with Crippen molar-refractivity contribution in [3.05, 3.63) is 64.1 Å². The molecule has 1 fully saturated rings. The minimum absolute atomic E-state index is 0.0741. The molecule has 1 aliphatic heterocycles. The molecule has 1 saturated heterocycles. The Balaban J connectivity index is 1.33. The lowest BCUT2D eigenvalue weighted by Gasteiger charge is -2.22. The second-order valence-corrected chi connectivity index (χ2v) is 8.38. The van der Waals surface area contributed by atoms with E-state index < -0.39 is 0 Å². The van der Waals surface area contributed by atoms with Gasteiger partial charge in [0.1, 0.15) is 5.01 Å². The van der Waals surface area contributed by atoms with E-state index in [9.17, 15) is 4.79 Å². The third kappa shape index (κ3) is 4.49. The van der Waals surface area contributed by atoms with Gasteiger partial charge >= 0.3 is 0 Å². The van der Waals surface area contributed by atoms with Gasteiger partial charge in [0.15, 0.2) is 0 Å². The molecule has 1 aliphatic rings. The van der Waals surface area contributed by atoms with Crippen LogP contribution in [0.3, 0.4) is 0 Å². The van der Waals surface area contributed by atoms with Gasteiger partial charge in [-0.1, -0.05) is 35.9 Å². The van der Waals surface area contributed by atoms with Gasteiger partial charge in [0.2, 0.25) is 5.91 Å². The van der Waals surface area contributed by atoms with Gasteiger partial charge in [-0.05, 0) is 55.6 Å². The van der Waals surface area contributed by atoms with E-state index in [4.69, 9.17) is 16.6 Å². The van der Waals surface area contributed by atoms with Crippen LogP contribution in [-0.4, -0.2) is 35.4 Å². The second-order valence-electron chi connectivity index (χ2n) is 6.88. The molecular weight excluding hydrogens is 378 g/mol. The second kappa shape index (κ2) is 8.38. The number of aromatic nitrogens is 1. The largest absolute Gasteiger partial charge is 0.355 e. The standard InChI is InChI=1S/C21H22ClN3OS/c22-16-6-3-5-15(13-16)10-11-23-20(26)14-25-12-4-8-18(25)21-24-17-7-1-2-9-19(17)27-21/h1-3,5-7,9,13,18H,4,8,10-12,14H2,(H,23,26)/t18-/m1/s1. The SMILES string of the molecule is O=C(CN1CCC[C@@H]1c1nc2ccccc2s1)NCCc1cccc(Cl)c1. The van der Waals surface area contributed by atoms with Crippen LogP contribution < -0.4 is 5.32 Å². The summed E-state index contributed by atoms with van der Waals surface area (Å²) in [6.45, 7) is 2.00. The van der Waals surface area contributed by atoms with Crippen molar-refractivity contribution in [1.82, 2.24) is 15.2 Å². The predicted octanol–water partition coefficient (Wildman–Crippen LogP) is 4.45. The molecule has 0 aliphatic carbocycles. The van der Waals surface area contributed by atoms with Crippen LogP contribution in [-0.2, 0) is 11.2 Å². The fourth-order valence-electron chi connectivity index (χ4n) is 3.61. The van der Waals surface area contributed by atoms with Gasteiger partial charge in [0.25, 0.3) is 0 Å². The van der Waals surface area contributed by atoms with E-state index in [0.717, 1.165) is 46.9 Å². The quantitative estimate of drug-likeness (QED) is 0.666. The van der Waals surface area contributed by atoms with Crippen LogP contribution in [0.25, 0.3) is 10.2 Å². The van der Waals surface area contributed by atoms with Crippen LogP contribution in [0.4, 0.5) is 0 Å². The molecule has 2 heterocycles. The summed E-state index contributed by atoms with van der Waals surface area (Å²) in [4.78, 5) is 19.5. The number of hydrogen-bond donors (Lipinski definition) is 1. The smallest absolute Gasteiger partial charge is 0.234 e. The monoisotopic (exact) mass is 399 g/mol. The van der Waals surface area contributed by atoms with Gasteiger partial charge in [-0.3, -0.25) is 9.69 Å². The van der Waals surface area contributed by atoms with Crippen molar-refractivity contribution in [3.63, 3.8) is 0 Å². The van der Waals surface area contributed by atoms with Crippen molar-refractivity contribution in [2.75, 3.05) is 19.6 Å². The van der Waals surface area contributed by atoms with Gasteiger partial charge in [0, 0.05) is 11.6 Å². The lowest BCUT2D eigenvalue weighted by atomic mass is 10.1. The van der Waals surface area contributed by atoms with Gasteiger partial charge in [-0.2, -0.15) is 0 Å². The van der Waals surface area contributed by atoms with Gasteiger partial charge in [0.05, 0.1) is 22.8 Å². The minimum atomic E-state index is 0.0741. The molecule has 3 aromatic rings. The Bertz CT molecular complexity index is 909. The molecule has 1 atom stereocenters. The number of likely N-dealkylation sites (tertiary alicyclic amines) is 1. The van der Waals surface area contributed by atoms with E-state index in [1.807, 2.05) is 36.4 Å². The van der Waals surface area contributed by atoms with Crippen LogP contribution >= 0.6 is 22.9 Å². The van der Waals surface area contributed by atoms with Gasteiger partial charge < -0.3 is 5.32 Å². The highest BCUT2D eigenvalue weighted by Gasteiger charge is 2.29. The number of hydrogen-bond acceptors (Lipinski definition) is 4. The summed E-state index contributed by atoms with van der Waals surface area (Å²) in [7, 11) is 0. The molecular formula is C21H22ClN3OS. The van der Waals surface area contributed by atoms with Crippen LogP contribution in [0.15, 0.2) is 48.5 Å². The minimum Gasteiger partial charge on any atom is -0.355 e. The van der Waals surface area contributed by atoms with Gasteiger partial charge in [-0.25, -0.2) is 4.98 Å². The first-order valence-electron chi connectivity index (χ1n) is 9.30. The number of halogens is 1. The van der Waals surface area contributed by atoms with Crippen LogP contribution in [0, 0.1) is 0 Å². The highest BCUT2D eigenvalue weighted by Crippen LogP contribution is 2.36. The highest BCUT2D eigenvalue weighted by molar-refractivity contribution is 7.18. The van der Waals surface area contributed by atoms with Crippen molar-refractivity contribution in [2.45, 2.75) is 25.3 Å². The molecule has 27 heavy (non-hydrogen) atoms. The molecule has 1 N–H and O–H groups in total. The fraction of sp³-hybridized carbons (Fsp3) is 0.333. The number of carbonyl (C=O) groups is 1. The maximum Gasteiger partial charge on any atom is 0.234 e. The molecule has 140 valence electrons. The van der Waals surface area contributed by atoms with Crippen LogP contribution in [0.2, 0.25) is 5.02 Å². The van der Waals surface area contributed by atoms with Crippen molar-refractivity contribution >= 4 is 39.1 Å². The average Bonchev–Trinajstić information content (AvgIpc) is 3.28. The van der Waals surface area contributed by atoms with E-state index in [1.165, 1.54) is 4.70 Å². The molecule has 4 rings (SSSR count). The number of para-hydroxylation sites is 1. The Morgan fingerprint density at radius 1 is 1.26 bits per heavy atom. The number of fused-ring (bicyclic) bond motifs is 1. The molecule has 0 unspecified atom stereocenters. The maximum absolute atomic E-state index is 12.4. The number of amides is 1. The highest BCUT2D eigenvalue weighted by atomic mass is 35.5. The van der Waals surface area contributed by atoms with Crippen molar-refractivity contribution in [3.8, 4) is 0 Å². The number of nitrogens with one attached hydrogen (secondary N) is 1. The van der Waals surface area contributed by atoms with Crippen LogP contribution in [0.1, 0.15) is 29.5 Å². The summed E-state index contributed by atoms with van der Waals surface area (Å²) in [6, 6.07) is 16.2. The lowest BCUT2D eigenvalue weighted by Crippen LogP contribution is -2.37. The van der Waals surface area contributed by atoms with E-state index in [-0.39, 0.29) is 11.9 Å². The molecule has 0 bridgehead atoms. The number of carbonyl (C=O) groups excluding carboxylic acids is 1. The first-order chi connectivity index (χ1) is 13.2. The van der Waals surface area contributed by atoms with E-state index in [1.54, 1.807) is 11.3 Å². The van der Waals surface area contributed by atoms with Crippen molar-refractivity contribution in [1.29, 1.82) is 0 Å². The number of rotatable bonds is 6. The average molecular weight is 400 g/mol. The van der Waals surface area contributed by atoms with Gasteiger partial charge in [-0.15, -0.1) is 11.3 Å². The zero-order valence-corrected chi connectivity index (χ0v) is 16.6. The third-order valence-corrected chi connectivity index (χ3v) is 6.30. The van der Waals surface area contributed by atoms with Crippen LogP contribution in [0.5, 0.6) is 0 Å². The van der Waals surface area contributed by atoms with E-state index in [0.29, 0.717) is 13.1 Å². The van der Waals surface area contributed by atoms with Crippen molar-refractivity contribution < 1.29 is 4.79 Å². The Morgan fingerprint density at radius 3 is 3.00 bits per heavy atom. The molecule has 0 radical (unpaired) electrons. The fourth-order valence-corrected chi connectivity index (χ4v) is 4.96. The first-order valence-corrected chi connectivity index (χ1v) is 10.5. The zero-order valence-electron chi connectivity index (χ0n) is 15.0. The number of nitrogens with zero attached hydrogens (tertiary/aromatic N) is 2. The maximum atomic E-state index is 12.4. The molecule has 1 aromatic heterocycles. The van der Waals surface area contributed by atoms with Crippen molar-refractivity contribution in [2.24, 2.45) is 0 Å². The molecule has 1 amide bonds. The predicted molar refractivity (Wildman–Crippen MR) is 111 cm³/mol. The molecule has 0 saturated carbocycles. The van der Waals surface area contributed by atoms with E-state index >= 15 is 0 Å². The Morgan fingerprint density at radius 2 is 2.15 bits per heavy atom. The summed E-state index contributed by atoms with van der Waals surface area (Å²) < 4.78 is 1.21. The summed E-state index contributed by atoms with van der Waals surface area (Å²) in [6.07, 6.45) is 2.96.